The first-order chi connectivity index (χ1) is 14.9. The molecule has 2 aliphatic rings. The van der Waals surface area contributed by atoms with Gasteiger partial charge in [0.15, 0.2) is 5.16 Å². The topological polar surface area (TPSA) is 63.1 Å². The minimum absolute atomic E-state index is 0.0541. The van der Waals surface area contributed by atoms with E-state index in [9.17, 15) is 18.0 Å². The molecule has 0 spiro atoms. The summed E-state index contributed by atoms with van der Waals surface area (Å²) in [5.74, 6) is 1.10. The number of aromatic nitrogens is 3. The minimum atomic E-state index is -4.47. The van der Waals surface area contributed by atoms with E-state index in [-0.39, 0.29) is 17.3 Å². The van der Waals surface area contributed by atoms with Crippen LogP contribution in [0.5, 0.6) is 0 Å². The van der Waals surface area contributed by atoms with Gasteiger partial charge in [0.2, 0.25) is 5.91 Å². The molecule has 10 heteroatoms. The SMILES string of the molecule is CCn1c(SCC(=O)Nc2cc(C(F)(F)F)ccc2N2CCCCC2)nnc1C1CC1. The number of benzene rings is 1. The van der Waals surface area contributed by atoms with E-state index in [1.165, 1.54) is 17.8 Å². The van der Waals surface area contributed by atoms with Crippen LogP contribution >= 0.6 is 11.8 Å². The molecule has 2 heterocycles. The lowest BCUT2D eigenvalue weighted by molar-refractivity contribution is -0.137. The van der Waals surface area contributed by atoms with Crippen molar-refractivity contribution < 1.29 is 18.0 Å². The van der Waals surface area contributed by atoms with Crippen molar-refractivity contribution in [3.05, 3.63) is 29.6 Å². The Morgan fingerprint density at radius 3 is 2.58 bits per heavy atom. The fourth-order valence-corrected chi connectivity index (χ4v) is 4.70. The molecule has 0 unspecified atom stereocenters. The molecule has 1 aliphatic heterocycles. The maximum Gasteiger partial charge on any atom is 0.416 e. The molecule has 4 rings (SSSR count). The number of nitrogens with zero attached hydrogens (tertiary/aromatic N) is 4. The molecular formula is C21H26F3N5OS. The van der Waals surface area contributed by atoms with Crippen molar-refractivity contribution in [3.63, 3.8) is 0 Å². The number of piperidine rings is 1. The molecule has 1 N–H and O–H groups in total. The number of halogens is 3. The zero-order valence-corrected chi connectivity index (χ0v) is 18.2. The fraction of sp³-hybridized carbons (Fsp3) is 0.571. The highest BCUT2D eigenvalue weighted by Gasteiger charge is 2.32. The minimum Gasteiger partial charge on any atom is -0.370 e. The van der Waals surface area contributed by atoms with E-state index in [4.69, 9.17) is 0 Å². The molecule has 0 atom stereocenters. The summed E-state index contributed by atoms with van der Waals surface area (Å²) in [5, 5.41) is 11.8. The molecular weight excluding hydrogens is 427 g/mol. The van der Waals surface area contributed by atoms with Gasteiger partial charge in [-0.15, -0.1) is 10.2 Å². The molecule has 1 saturated carbocycles. The standard InChI is InChI=1S/C21H26F3N5OS/c1-2-29-19(14-6-7-14)26-27-20(29)31-13-18(30)25-16-12-15(21(22,23)24)8-9-17(16)28-10-4-3-5-11-28/h8-9,12,14H,2-7,10-11,13H2,1H3,(H,25,30). The Morgan fingerprint density at radius 1 is 1.19 bits per heavy atom. The number of nitrogens with one attached hydrogen (secondary N) is 1. The van der Waals surface area contributed by atoms with E-state index < -0.39 is 11.7 Å². The van der Waals surface area contributed by atoms with Gasteiger partial charge in [-0.3, -0.25) is 4.79 Å². The predicted molar refractivity (Wildman–Crippen MR) is 115 cm³/mol. The van der Waals surface area contributed by atoms with Crippen molar-refractivity contribution in [1.29, 1.82) is 0 Å². The monoisotopic (exact) mass is 453 g/mol. The molecule has 1 saturated heterocycles. The quantitative estimate of drug-likeness (QED) is 0.604. The maximum absolute atomic E-state index is 13.3. The van der Waals surface area contributed by atoms with E-state index in [2.05, 4.69) is 15.5 Å². The maximum atomic E-state index is 13.3. The highest BCUT2D eigenvalue weighted by molar-refractivity contribution is 7.99. The Labute approximate surface area is 183 Å². The van der Waals surface area contributed by atoms with Gasteiger partial charge in [-0.05, 0) is 57.2 Å². The van der Waals surface area contributed by atoms with Crippen molar-refractivity contribution in [3.8, 4) is 0 Å². The third-order valence-corrected chi connectivity index (χ3v) is 6.60. The van der Waals surface area contributed by atoms with Gasteiger partial charge in [-0.2, -0.15) is 13.2 Å². The fourth-order valence-electron chi connectivity index (χ4n) is 3.89. The molecule has 2 aromatic rings. The van der Waals surface area contributed by atoms with Crippen molar-refractivity contribution in [2.75, 3.05) is 29.1 Å². The molecule has 1 aliphatic carbocycles. The molecule has 6 nitrogen and oxygen atoms in total. The van der Waals surface area contributed by atoms with Crippen LogP contribution in [0.3, 0.4) is 0 Å². The van der Waals surface area contributed by atoms with Crippen molar-refractivity contribution in [2.24, 2.45) is 0 Å². The number of thioether (sulfide) groups is 1. The largest absolute Gasteiger partial charge is 0.416 e. The summed E-state index contributed by atoms with van der Waals surface area (Å²) in [6.07, 6.45) is 0.832. The summed E-state index contributed by atoms with van der Waals surface area (Å²) in [4.78, 5) is 14.7. The zero-order valence-electron chi connectivity index (χ0n) is 17.4. The molecule has 1 amide bonds. The lowest BCUT2D eigenvalue weighted by Gasteiger charge is -2.31. The van der Waals surface area contributed by atoms with Gasteiger partial charge >= 0.3 is 6.18 Å². The number of hydrogen-bond acceptors (Lipinski definition) is 5. The highest BCUT2D eigenvalue weighted by atomic mass is 32.2. The second-order valence-corrected chi connectivity index (χ2v) is 8.92. The molecule has 0 radical (unpaired) electrons. The Morgan fingerprint density at radius 2 is 1.94 bits per heavy atom. The Kier molecular flexibility index (Phi) is 6.45. The van der Waals surface area contributed by atoms with Crippen LogP contribution < -0.4 is 10.2 Å². The van der Waals surface area contributed by atoms with Crippen molar-refractivity contribution >= 4 is 29.0 Å². The summed E-state index contributed by atoms with van der Waals surface area (Å²) in [6.45, 7) is 4.27. The van der Waals surface area contributed by atoms with E-state index in [1.54, 1.807) is 0 Å². The van der Waals surface area contributed by atoms with Gasteiger partial charge in [-0.1, -0.05) is 11.8 Å². The summed E-state index contributed by atoms with van der Waals surface area (Å²) in [7, 11) is 0. The van der Waals surface area contributed by atoms with Gasteiger partial charge in [0, 0.05) is 25.6 Å². The number of hydrogen-bond donors (Lipinski definition) is 1. The molecule has 31 heavy (non-hydrogen) atoms. The van der Waals surface area contributed by atoms with Gasteiger partial charge in [0.05, 0.1) is 22.7 Å². The third-order valence-electron chi connectivity index (χ3n) is 5.63. The lowest BCUT2D eigenvalue weighted by Crippen LogP contribution is -2.30. The first-order valence-corrected chi connectivity index (χ1v) is 11.7. The normalized spacial score (nSPS) is 17.1. The van der Waals surface area contributed by atoms with Crippen LogP contribution in [0.15, 0.2) is 23.4 Å². The molecule has 1 aromatic heterocycles. The van der Waals surface area contributed by atoms with Gasteiger partial charge < -0.3 is 14.8 Å². The summed E-state index contributed by atoms with van der Waals surface area (Å²) < 4.78 is 41.8. The second-order valence-electron chi connectivity index (χ2n) is 7.97. The molecule has 2 fully saturated rings. The molecule has 168 valence electrons. The van der Waals surface area contributed by atoms with Crippen LogP contribution in [0.4, 0.5) is 24.5 Å². The molecule has 1 aromatic carbocycles. The number of rotatable bonds is 7. The Hall–Kier alpha value is -2.23. The van der Waals surface area contributed by atoms with E-state index in [0.29, 0.717) is 16.8 Å². The summed E-state index contributed by atoms with van der Waals surface area (Å²) >= 11 is 1.26. The summed E-state index contributed by atoms with van der Waals surface area (Å²) in [6, 6.07) is 3.58. The van der Waals surface area contributed by atoms with Gasteiger partial charge in [-0.25, -0.2) is 0 Å². The van der Waals surface area contributed by atoms with Crippen LogP contribution in [0.25, 0.3) is 0 Å². The second kappa shape index (κ2) is 9.10. The summed E-state index contributed by atoms with van der Waals surface area (Å²) in [5.41, 5.74) is 0.0766. The zero-order chi connectivity index (χ0) is 22.0. The van der Waals surface area contributed by atoms with Crippen LogP contribution in [0.1, 0.15) is 56.3 Å². The first-order valence-electron chi connectivity index (χ1n) is 10.7. The average molecular weight is 454 g/mol. The number of carbonyl (C=O) groups excluding carboxylic acids is 1. The molecule has 0 bridgehead atoms. The predicted octanol–water partition coefficient (Wildman–Crippen LogP) is 4.92. The van der Waals surface area contributed by atoms with E-state index >= 15 is 0 Å². The van der Waals surface area contributed by atoms with Gasteiger partial charge in [0.1, 0.15) is 5.82 Å². The first kappa shape index (κ1) is 22.0. The number of carbonyl (C=O) groups is 1. The average Bonchev–Trinajstić information content (AvgIpc) is 3.51. The van der Waals surface area contributed by atoms with E-state index in [1.807, 2.05) is 16.4 Å². The van der Waals surface area contributed by atoms with Gasteiger partial charge in [0.25, 0.3) is 0 Å². The third kappa shape index (κ3) is 5.16. The lowest BCUT2D eigenvalue weighted by atomic mass is 10.1. The van der Waals surface area contributed by atoms with E-state index in [0.717, 1.165) is 69.7 Å². The van der Waals surface area contributed by atoms with Crippen molar-refractivity contribution in [2.45, 2.75) is 62.8 Å². The van der Waals surface area contributed by atoms with Crippen LogP contribution in [0, 0.1) is 0 Å². The van der Waals surface area contributed by atoms with Crippen LogP contribution in [0.2, 0.25) is 0 Å². The number of amides is 1. The Balaban J connectivity index is 1.48. The smallest absolute Gasteiger partial charge is 0.370 e. The van der Waals surface area contributed by atoms with Crippen molar-refractivity contribution in [1.82, 2.24) is 14.8 Å². The van der Waals surface area contributed by atoms with Crippen LogP contribution in [-0.4, -0.2) is 39.5 Å². The highest BCUT2D eigenvalue weighted by Crippen LogP contribution is 2.40. The van der Waals surface area contributed by atoms with Crippen LogP contribution in [-0.2, 0) is 17.5 Å². The number of anilines is 2. The number of alkyl halides is 3. The Bertz CT molecular complexity index is 936.